The van der Waals surface area contributed by atoms with Crippen molar-refractivity contribution >= 4 is 32.0 Å². The normalized spacial score (nSPS) is 14.8. The van der Waals surface area contributed by atoms with E-state index in [-0.39, 0.29) is 10.6 Å². The predicted molar refractivity (Wildman–Crippen MR) is 93.4 cm³/mol. The number of aryl methyl sites for hydroxylation is 2. The molecule has 0 unspecified atom stereocenters. The van der Waals surface area contributed by atoms with Gasteiger partial charge < -0.3 is 0 Å². The Labute approximate surface area is 143 Å². The summed E-state index contributed by atoms with van der Waals surface area (Å²) >= 11 is 1.30. The highest BCUT2D eigenvalue weighted by Gasteiger charge is 2.33. The van der Waals surface area contributed by atoms with E-state index in [1.807, 2.05) is 18.2 Å². The van der Waals surface area contributed by atoms with Crippen LogP contribution in [0.4, 0.5) is 5.69 Å². The molecule has 0 saturated carbocycles. The Balaban J connectivity index is 1.96. The molecule has 1 aliphatic rings. The molecule has 1 aliphatic heterocycles. The number of anilines is 1. The molecule has 0 amide bonds. The SMILES string of the molecule is Cc1nc2sccn2c(=O)c1S(=O)(=O)N1CCCc2ccccc21. The molecule has 2 aromatic heterocycles. The van der Waals surface area contributed by atoms with Crippen LogP contribution in [0.5, 0.6) is 0 Å². The van der Waals surface area contributed by atoms with Crippen molar-refractivity contribution in [1.82, 2.24) is 9.38 Å². The minimum atomic E-state index is -3.96. The minimum Gasteiger partial charge on any atom is -0.267 e. The molecule has 0 saturated heterocycles. The first-order chi connectivity index (χ1) is 11.5. The molecule has 0 radical (unpaired) electrons. The summed E-state index contributed by atoms with van der Waals surface area (Å²) in [6.07, 6.45) is 3.12. The second-order valence-corrected chi connectivity index (χ2v) is 8.37. The van der Waals surface area contributed by atoms with E-state index in [0.29, 0.717) is 17.2 Å². The molecule has 3 aromatic rings. The van der Waals surface area contributed by atoms with Gasteiger partial charge in [-0.1, -0.05) is 18.2 Å². The second kappa shape index (κ2) is 5.42. The van der Waals surface area contributed by atoms with Crippen LogP contribution in [0.1, 0.15) is 17.7 Å². The highest BCUT2D eigenvalue weighted by molar-refractivity contribution is 7.92. The first-order valence-corrected chi connectivity index (χ1v) is 9.89. The van der Waals surface area contributed by atoms with E-state index in [9.17, 15) is 13.2 Å². The van der Waals surface area contributed by atoms with Gasteiger partial charge in [-0.2, -0.15) is 0 Å². The van der Waals surface area contributed by atoms with Gasteiger partial charge in [0.15, 0.2) is 9.86 Å². The van der Waals surface area contributed by atoms with Gasteiger partial charge >= 0.3 is 0 Å². The van der Waals surface area contributed by atoms with Crippen molar-refractivity contribution in [2.24, 2.45) is 0 Å². The smallest absolute Gasteiger partial charge is 0.267 e. The Bertz CT molecular complexity index is 1100. The molecule has 0 bridgehead atoms. The zero-order valence-electron chi connectivity index (χ0n) is 13.0. The summed E-state index contributed by atoms with van der Waals surface area (Å²) < 4.78 is 29.1. The molecule has 0 fully saturated rings. The summed E-state index contributed by atoms with van der Waals surface area (Å²) in [6.45, 7) is 1.94. The van der Waals surface area contributed by atoms with E-state index in [2.05, 4.69) is 4.98 Å². The lowest BCUT2D eigenvalue weighted by Crippen LogP contribution is -2.39. The Morgan fingerprint density at radius 3 is 2.88 bits per heavy atom. The highest BCUT2D eigenvalue weighted by Crippen LogP contribution is 2.31. The maximum atomic E-state index is 13.2. The minimum absolute atomic E-state index is 0.241. The zero-order valence-corrected chi connectivity index (χ0v) is 14.6. The summed E-state index contributed by atoms with van der Waals surface area (Å²) in [7, 11) is -3.96. The summed E-state index contributed by atoms with van der Waals surface area (Å²) in [4.78, 5) is 17.3. The monoisotopic (exact) mass is 361 g/mol. The van der Waals surface area contributed by atoms with E-state index in [0.717, 1.165) is 18.4 Å². The van der Waals surface area contributed by atoms with Gasteiger partial charge in [-0.3, -0.25) is 13.5 Å². The van der Waals surface area contributed by atoms with Gasteiger partial charge in [-0.25, -0.2) is 13.4 Å². The van der Waals surface area contributed by atoms with E-state index in [1.165, 1.54) is 20.0 Å². The van der Waals surface area contributed by atoms with Crippen molar-refractivity contribution in [3.8, 4) is 0 Å². The van der Waals surface area contributed by atoms with Gasteiger partial charge in [0.2, 0.25) is 0 Å². The average Bonchev–Trinajstić information content (AvgIpc) is 3.02. The van der Waals surface area contributed by atoms with Gasteiger partial charge in [0, 0.05) is 18.1 Å². The Kier molecular flexibility index (Phi) is 3.47. The molecule has 8 heteroatoms. The summed E-state index contributed by atoms with van der Waals surface area (Å²) in [5.74, 6) is 0. The van der Waals surface area contributed by atoms with Crippen molar-refractivity contribution in [2.45, 2.75) is 24.7 Å². The van der Waals surface area contributed by atoms with Gasteiger partial charge in [0.25, 0.3) is 15.6 Å². The second-order valence-electron chi connectivity index (χ2n) is 5.70. The molecule has 6 nitrogen and oxygen atoms in total. The van der Waals surface area contributed by atoms with Crippen LogP contribution in [-0.4, -0.2) is 24.3 Å². The largest absolute Gasteiger partial charge is 0.279 e. The fourth-order valence-electron chi connectivity index (χ4n) is 3.12. The summed E-state index contributed by atoms with van der Waals surface area (Å²) in [5.41, 5.74) is 1.33. The molecular formula is C16H15N3O3S2. The van der Waals surface area contributed by atoms with Gasteiger partial charge in [0.05, 0.1) is 11.4 Å². The van der Waals surface area contributed by atoms with Crippen molar-refractivity contribution in [3.05, 3.63) is 57.5 Å². The number of nitrogens with zero attached hydrogens (tertiary/aromatic N) is 3. The molecule has 4 rings (SSSR count). The van der Waals surface area contributed by atoms with E-state index in [4.69, 9.17) is 0 Å². The molecule has 0 spiro atoms. The molecule has 0 atom stereocenters. The topological polar surface area (TPSA) is 71.8 Å². The number of sulfonamides is 1. The van der Waals surface area contributed by atoms with Crippen LogP contribution in [0.25, 0.3) is 4.96 Å². The summed E-state index contributed by atoms with van der Waals surface area (Å²) in [5, 5.41) is 1.72. The van der Waals surface area contributed by atoms with Crippen molar-refractivity contribution in [2.75, 3.05) is 10.8 Å². The first-order valence-electron chi connectivity index (χ1n) is 7.57. The number of benzene rings is 1. The zero-order chi connectivity index (χ0) is 16.9. The third kappa shape index (κ3) is 2.17. The quantitative estimate of drug-likeness (QED) is 0.702. The van der Waals surface area contributed by atoms with Gasteiger partial charge in [-0.05, 0) is 31.4 Å². The van der Waals surface area contributed by atoms with Crippen molar-refractivity contribution in [1.29, 1.82) is 0 Å². The Morgan fingerprint density at radius 1 is 1.25 bits per heavy atom. The maximum absolute atomic E-state index is 13.2. The van der Waals surface area contributed by atoms with Crippen LogP contribution >= 0.6 is 11.3 Å². The fraction of sp³-hybridized carbons (Fsp3) is 0.250. The maximum Gasteiger partial charge on any atom is 0.279 e. The number of rotatable bonds is 2. The van der Waals surface area contributed by atoms with Gasteiger partial charge in [-0.15, -0.1) is 11.3 Å². The number of para-hydroxylation sites is 1. The molecule has 24 heavy (non-hydrogen) atoms. The highest BCUT2D eigenvalue weighted by atomic mass is 32.2. The average molecular weight is 361 g/mol. The number of hydrogen-bond acceptors (Lipinski definition) is 5. The third-order valence-electron chi connectivity index (χ3n) is 4.21. The van der Waals surface area contributed by atoms with Crippen molar-refractivity contribution in [3.63, 3.8) is 0 Å². The predicted octanol–water partition coefficient (Wildman–Crippen LogP) is 2.21. The van der Waals surface area contributed by atoms with E-state index >= 15 is 0 Å². The number of hydrogen-bond donors (Lipinski definition) is 0. The molecular weight excluding hydrogens is 346 g/mol. The Morgan fingerprint density at radius 2 is 2.04 bits per heavy atom. The van der Waals surface area contributed by atoms with Crippen LogP contribution in [0.3, 0.4) is 0 Å². The van der Waals surface area contributed by atoms with Crippen LogP contribution in [0, 0.1) is 6.92 Å². The summed E-state index contributed by atoms with van der Waals surface area (Å²) in [6, 6.07) is 7.42. The van der Waals surface area contributed by atoms with Crippen LogP contribution < -0.4 is 9.86 Å². The van der Waals surface area contributed by atoms with E-state index in [1.54, 1.807) is 24.6 Å². The molecule has 124 valence electrons. The van der Waals surface area contributed by atoms with Crippen LogP contribution in [0.2, 0.25) is 0 Å². The lowest BCUT2D eigenvalue weighted by Gasteiger charge is -2.30. The standard InChI is InChI=1S/C16H15N3O3S2/c1-11-14(15(20)18-9-10-23-16(18)17-11)24(21,22)19-8-4-6-12-5-2-3-7-13(12)19/h2-3,5,7,9-10H,4,6,8H2,1H3. The molecule has 0 aliphatic carbocycles. The lowest BCUT2D eigenvalue weighted by molar-refractivity contribution is 0.583. The number of thiazole rings is 1. The van der Waals surface area contributed by atoms with Crippen LogP contribution in [-0.2, 0) is 16.4 Å². The lowest BCUT2D eigenvalue weighted by atomic mass is 10.0. The first kappa shape index (κ1) is 15.3. The molecule has 1 aromatic carbocycles. The Hall–Kier alpha value is -2.19. The third-order valence-corrected chi connectivity index (χ3v) is 6.91. The number of fused-ring (bicyclic) bond motifs is 2. The van der Waals surface area contributed by atoms with Crippen molar-refractivity contribution < 1.29 is 8.42 Å². The van der Waals surface area contributed by atoms with Gasteiger partial charge in [0.1, 0.15) is 0 Å². The van der Waals surface area contributed by atoms with Crippen LogP contribution in [0.15, 0.2) is 45.5 Å². The number of aromatic nitrogens is 2. The molecule has 0 N–H and O–H groups in total. The molecule has 3 heterocycles. The fourth-order valence-corrected chi connectivity index (χ4v) is 5.64. The van der Waals surface area contributed by atoms with E-state index < -0.39 is 15.6 Å².